The van der Waals surface area contributed by atoms with Gasteiger partial charge in [0, 0.05) is 6.04 Å². The molecule has 1 aliphatic heterocycles. The van der Waals surface area contributed by atoms with E-state index >= 15 is 0 Å². The van der Waals surface area contributed by atoms with Gasteiger partial charge in [-0.15, -0.1) is 0 Å². The predicted molar refractivity (Wildman–Crippen MR) is 50.1 cm³/mol. The monoisotopic (exact) mass is 194 g/mol. The number of benzene rings is 1. The molecule has 1 unspecified atom stereocenters. The lowest BCUT2D eigenvalue weighted by atomic mass is 9.96. The number of phenols is 1. The molecule has 5 heteroatoms. The largest absolute Gasteiger partial charge is 0.502 e. The van der Waals surface area contributed by atoms with Crippen molar-refractivity contribution in [2.24, 2.45) is 0 Å². The highest BCUT2D eigenvalue weighted by molar-refractivity contribution is 5.53. The fourth-order valence-corrected chi connectivity index (χ4v) is 1.58. The number of aromatic hydroxyl groups is 1. The molecule has 1 saturated heterocycles. The Hall–Kier alpha value is -1.62. The average Bonchev–Trinajstić information content (AvgIpc) is 1.99. The van der Waals surface area contributed by atoms with Gasteiger partial charge in [0.05, 0.1) is 10.5 Å². The Morgan fingerprint density at radius 3 is 2.79 bits per heavy atom. The number of para-hydroxylation sites is 1. The van der Waals surface area contributed by atoms with Crippen molar-refractivity contribution in [3.05, 3.63) is 33.9 Å². The topological polar surface area (TPSA) is 75.4 Å². The molecule has 14 heavy (non-hydrogen) atoms. The average molecular weight is 194 g/mol. The van der Waals surface area contributed by atoms with Crippen LogP contribution in [0.25, 0.3) is 0 Å². The zero-order valence-corrected chi connectivity index (χ0v) is 7.43. The van der Waals surface area contributed by atoms with Crippen molar-refractivity contribution in [2.75, 3.05) is 6.54 Å². The van der Waals surface area contributed by atoms with Gasteiger partial charge in [-0.1, -0.05) is 12.1 Å². The van der Waals surface area contributed by atoms with Crippen LogP contribution in [0, 0.1) is 10.1 Å². The van der Waals surface area contributed by atoms with E-state index in [-0.39, 0.29) is 17.5 Å². The molecule has 0 aliphatic carbocycles. The number of hydrogen-bond acceptors (Lipinski definition) is 4. The second-order valence-electron chi connectivity index (χ2n) is 3.27. The molecule has 1 aromatic carbocycles. The number of nitro benzene ring substituents is 1. The van der Waals surface area contributed by atoms with Gasteiger partial charge < -0.3 is 10.4 Å². The minimum absolute atomic E-state index is 0.0162. The Kier molecular flexibility index (Phi) is 2.09. The molecule has 0 aromatic heterocycles. The molecule has 0 radical (unpaired) electrons. The number of hydrogen-bond donors (Lipinski definition) is 2. The minimum atomic E-state index is -0.537. The van der Waals surface area contributed by atoms with E-state index in [1.165, 1.54) is 6.07 Å². The molecule has 5 nitrogen and oxygen atoms in total. The third-order valence-electron chi connectivity index (χ3n) is 2.43. The molecule has 0 saturated carbocycles. The molecule has 0 spiro atoms. The zero-order chi connectivity index (χ0) is 10.1. The first-order valence-corrected chi connectivity index (χ1v) is 4.40. The molecule has 74 valence electrons. The van der Waals surface area contributed by atoms with Crippen LogP contribution < -0.4 is 5.32 Å². The lowest BCUT2D eigenvalue weighted by Crippen LogP contribution is -2.35. The van der Waals surface area contributed by atoms with E-state index in [4.69, 9.17) is 0 Å². The van der Waals surface area contributed by atoms with Crippen molar-refractivity contribution in [3.8, 4) is 5.75 Å². The summed E-state index contributed by atoms with van der Waals surface area (Å²) in [5.41, 5.74) is 0.394. The first-order chi connectivity index (χ1) is 6.70. The molecule has 0 bridgehead atoms. The summed E-state index contributed by atoms with van der Waals surface area (Å²) in [6.07, 6.45) is 0.879. The van der Waals surface area contributed by atoms with Gasteiger partial charge in [0.25, 0.3) is 0 Å². The minimum Gasteiger partial charge on any atom is -0.502 e. The highest BCUT2D eigenvalue weighted by Crippen LogP contribution is 2.36. The smallest absolute Gasteiger partial charge is 0.315 e. The van der Waals surface area contributed by atoms with E-state index in [1.807, 2.05) is 0 Å². The van der Waals surface area contributed by atoms with Crippen LogP contribution in [-0.4, -0.2) is 16.6 Å². The molecule has 1 atom stereocenters. The van der Waals surface area contributed by atoms with E-state index in [1.54, 1.807) is 12.1 Å². The SMILES string of the molecule is O=[N+]([O-])c1c(O)cccc1C1CCN1. The second-order valence-corrected chi connectivity index (χ2v) is 3.27. The fourth-order valence-electron chi connectivity index (χ4n) is 1.58. The molecule has 1 aliphatic rings. The third-order valence-corrected chi connectivity index (χ3v) is 2.43. The van der Waals surface area contributed by atoms with Gasteiger partial charge in [-0.2, -0.15) is 0 Å². The normalized spacial score (nSPS) is 20.1. The first-order valence-electron chi connectivity index (χ1n) is 4.40. The lowest BCUT2D eigenvalue weighted by Gasteiger charge is -2.27. The van der Waals surface area contributed by atoms with Gasteiger partial charge >= 0.3 is 5.69 Å². The maximum absolute atomic E-state index is 10.7. The highest BCUT2D eigenvalue weighted by Gasteiger charge is 2.28. The highest BCUT2D eigenvalue weighted by atomic mass is 16.6. The summed E-state index contributed by atoms with van der Waals surface area (Å²) >= 11 is 0. The molecule has 1 fully saturated rings. The summed E-state index contributed by atoms with van der Waals surface area (Å²) < 4.78 is 0. The number of nitrogens with one attached hydrogen (secondary N) is 1. The number of nitrogens with zero attached hydrogens (tertiary/aromatic N) is 1. The number of nitro groups is 1. The molecule has 2 N–H and O–H groups in total. The van der Waals surface area contributed by atoms with Crippen LogP contribution in [-0.2, 0) is 0 Å². The van der Waals surface area contributed by atoms with Gasteiger partial charge in [0.15, 0.2) is 5.75 Å². The summed E-state index contributed by atoms with van der Waals surface area (Å²) in [5.74, 6) is -0.263. The lowest BCUT2D eigenvalue weighted by molar-refractivity contribution is -0.386. The van der Waals surface area contributed by atoms with Crippen molar-refractivity contribution < 1.29 is 10.0 Å². The van der Waals surface area contributed by atoms with E-state index in [2.05, 4.69) is 5.32 Å². The Labute approximate surface area is 80.5 Å². The van der Waals surface area contributed by atoms with E-state index in [9.17, 15) is 15.2 Å². The van der Waals surface area contributed by atoms with Crippen LogP contribution >= 0.6 is 0 Å². The standard InChI is InChI=1S/C9H10N2O3/c12-8-3-1-2-6(7-4-5-10-7)9(8)11(13)14/h1-3,7,10,12H,4-5H2. The second kappa shape index (κ2) is 3.26. The molecule has 0 amide bonds. The van der Waals surface area contributed by atoms with E-state index in [0.29, 0.717) is 5.56 Å². The Balaban J connectivity index is 2.46. The molecular weight excluding hydrogens is 184 g/mol. The predicted octanol–water partition coefficient (Wildman–Crippen LogP) is 1.33. The van der Waals surface area contributed by atoms with Crippen LogP contribution in [0.5, 0.6) is 5.75 Å². The fraction of sp³-hybridized carbons (Fsp3) is 0.333. The maximum Gasteiger partial charge on any atom is 0.315 e. The Bertz CT molecular complexity index is 374. The van der Waals surface area contributed by atoms with Crippen LogP contribution in [0.1, 0.15) is 18.0 Å². The van der Waals surface area contributed by atoms with Crippen LogP contribution in [0.3, 0.4) is 0 Å². The summed E-state index contributed by atoms with van der Waals surface area (Å²) in [4.78, 5) is 10.2. The quantitative estimate of drug-likeness (QED) is 0.550. The Morgan fingerprint density at radius 1 is 1.57 bits per heavy atom. The van der Waals surface area contributed by atoms with Crippen molar-refractivity contribution in [3.63, 3.8) is 0 Å². The van der Waals surface area contributed by atoms with E-state index < -0.39 is 4.92 Å². The van der Waals surface area contributed by atoms with Gasteiger partial charge in [-0.25, -0.2) is 0 Å². The van der Waals surface area contributed by atoms with Crippen molar-refractivity contribution in [2.45, 2.75) is 12.5 Å². The molecule has 1 aromatic rings. The van der Waals surface area contributed by atoms with Crippen molar-refractivity contribution in [1.29, 1.82) is 0 Å². The number of phenolic OH excluding ortho intramolecular Hbond substituents is 1. The molecular formula is C9H10N2O3. The third kappa shape index (κ3) is 1.31. The number of rotatable bonds is 2. The van der Waals surface area contributed by atoms with Gasteiger partial charge in [0.2, 0.25) is 0 Å². The maximum atomic E-state index is 10.7. The molecule has 1 heterocycles. The van der Waals surface area contributed by atoms with Crippen LogP contribution in [0.15, 0.2) is 18.2 Å². The van der Waals surface area contributed by atoms with Crippen LogP contribution in [0.4, 0.5) is 5.69 Å². The summed E-state index contributed by atoms with van der Waals surface area (Å²) in [6, 6.07) is 4.65. The van der Waals surface area contributed by atoms with Crippen molar-refractivity contribution in [1.82, 2.24) is 5.32 Å². The summed E-state index contributed by atoms with van der Waals surface area (Å²) in [6.45, 7) is 0.872. The molecule has 2 rings (SSSR count). The van der Waals surface area contributed by atoms with E-state index in [0.717, 1.165) is 13.0 Å². The zero-order valence-electron chi connectivity index (χ0n) is 7.43. The Morgan fingerprint density at radius 2 is 2.29 bits per heavy atom. The summed E-state index contributed by atoms with van der Waals surface area (Å²) in [7, 11) is 0. The van der Waals surface area contributed by atoms with Crippen molar-refractivity contribution >= 4 is 5.69 Å². The van der Waals surface area contributed by atoms with Gasteiger partial charge in [0.1, 0.15) is 0 Å². The van der Waals surface area contributed by atoms with Gasteiger partial charge in [-0.05, 0) is 19.0 Å². The summed E-state index contributed by atoms with van der Waals surface area (Å²) in [5, 5.41) is 23.1. The van der Waals surface area contributed by atoms with Crippen LogP contribution in [0.2, 0.25) is 0 Å². The van der Waals surface area contributed by atoms with Gasteiger partial charge in [-0.3, -0.25) is 10.1 Å². The first kappa shape index (κ1) is 8.96.